The second kappa shape index (κ2) is 10.7. The first-order valence-electron chi connectivity index (χ1n) is 11.7. The lowest BCUT2D eigenvalue weighted by atomic mass is 10.0. The Hall–Kier alpha value is -3.70. The molecule has 0 unspecified atom stereocenters. The fourth-order valence-corrected chi connectivity index (χ4v) is 4.98. The van der Waals surface area contributed by atoms with Crippen molar-refractivity contribution in [2.45, 2.75) is 19.5 Å². The zero-order valence-electron chi connectivity index (χ0n) is 19.7. The molecule has 2 aromatic heterocycles. The van der Waals surface area contributed by atoms with E-state index in [-0.39, 0.29) is 18.4 Å². The van der Waals surface area contributed by atoms with Crippen LogP contribution in [0, 0.1) is 11.3 Å². The van der Waals surface area contributed by atoms with Gasteiger partial charge in [0.25, 0.3) is 0 Å². The predicted molar refractivity (Wildman–Crippen MR) is 143 cm³/mol. The van der Waals surface area contributed by atoms with Crippen molar-refractivity contribution in [3.8, 4) is 6.07 Å². The summed E-state index contributed by atoms with van der Waals surface area (Å²) in [7, 11) is 0. The fourth-order valence-electron chi connectivity index (χ4n) is 4.66. The Morgan fingerprint density at radius 2 is 1.97 bits per heavy atom. The molecule has 2 aromatic carbocycles. The number of fused-ring (bicyclic) bond motifs is 3. The van der Waals surface area contributed by atoms with Crippen molar-refractivity contribution in [3.63, 3.8) is 0 Å². The molecular formula is C28H22Cl2FN5O. The molecule has 0 atom stereocenters. The van der Waals surface area contributed by atoms with Crippen molar-refractivity contribution in [1.29, 1.82) is 5.26 Å². The van der Waals surface area contributed by atoms with E-state index in [2.05, 4.69) is 16.4 Å². The van der Waals surface area contributed by atoms with Crippen LogP contribution in [-0.4, -0.2) is 33.6 Å². The van der Waals surface area contributed by atoms with E-state index in [1.165, 1.54) is 6.08 Å². The molecule has 6 nitrogen and oxygen atoms in total. The number of hydrogen-bond donors (Lipinski definition) is 1. The van der Waals surface area contributed by atoms with Crippen molar-refractivity contribution in [1.82, 2.24) is 19.8 Å². The van der Waals surface area contributed by atoms with Gasteiger partial charge in [0.2, 0.25) is 0 Å². The number of aromatic nitrogens is 2. The lowest BCUT2D eigenvalue weighted by Crippen LogP contribution is -2.35. The van der Waals surface area contributed by atoms with Gasteiger partial charge in [-0.2, -0.15) is 5.26 Å². The first-order chi connectivity index (χ1) is 17.9. The van der Waals surface area contributed by atoms with Crippen LogP contribution < -0.4 is 5.32 Å². The quantitative estimate of drug-likeness (QED) is 0.303. The molecule has 4 aromatic rings. The highest BCUT2D eigenvalue weighted by Gasteiger charge is 2.27. The third-order valence-electron chi connectivity index (χ3n) is 6.36. The Morgan fingerprint density at radius 3 is 2.73 bits per heavy atom. The highest BCUT2D eigenvalue weighted by molar-refractivity contribution is 6.30. The summed E-state index contributed by atoms with van der Waals surface area (Å²) < 4.78 is 16.5. The van der Waals surface area contributed by atoms with E-state index < -0.39 is 0 Å². The molecule has 1 aliphatic rings. The number of nitrogens with one attached hydrogen (secondary N) is 1. The van der Waals surface area contributed by atoms with Crippen LogP contribution in [0.4, 0.5) is 9.18 Å². The average Bonchev–Trinajstić information content (AvgIpc) is 3.21. The summed E-state index contributed by atoms with van der Waals surface area (Å²) in [5, 5.41) is 14.2. The van der Waals surface area contributed by atoms with Gasteiger partial charge in [-0.15, -0.1) is 0 Å². The summed E-state index contributed by atoms with van der Waals surface area (Å²) in [5.74, 6) is -0.263. The van der Waals surface area contributed by atoms with Crippen LogP contribution >= 0.6 is 23.2 Å². The molecule has 9 heteroatoms. The van der Waals surface area contributed by atoms with Gasteiger partial charge >= 0.3 is 6.03 Å². The van der Waals surface area contributed by atoms with Crippen molar-refractivity contribution in [2.75, 3.05) is 13.1 Å². The summed E-state index contributed by atoms with van der Waals surface area (Å²) in [6.45, 7) is 1.48. The first-order valence-corrected chi connectivity index (χ1v) is 12.5. The number of carbonyl (C=O) groups is 1. The predicted octanol–water partition coefficient (Wildman–Crippen LogP) is 6.34. The molecule has 0 radical (unpaired) electrons. The third-order valence-corrected chi connectivity index (χ3v) is 6.82. The Bertz CT molecular complexity index is 1560. The monoisotopic (exact) mass is 533 g/mol. The summed E-state index contributed by atoms with van der Waals surface area (Å²) in [6, 6.07) is 17.7. The molecule has 0 bridgehead atoms. The van der Waals surface area contributed by atoms with Crippen molar-refractivity contribution in [2.24, 2.45) is 0 Å². The van der Waals surface area contributed by atoms with Crippen LogP contribution in [0.15, 0.2) is 66.6 Å². The number of pyridine rings is 1. The maximum absolute atomic E-state index is 14.9. The molecule has 0 saturated heterocycles. The highest BCUT2D eigenvalue weighted by atomic mass is 35.5. The van der Waals surface area contributed by atoms with Gasteiger partial charge in [0.1, 0.15) is 11.0 Å². The van der Waals surface area contributed by atoms with Gasteiger partial charge in [0.05, 0.1) is 23.7 Å². The van der Waals surface area contributed by atoms with E-state index in [1.807, 2.05) is 4.90 Å². The molecule has 1 amide bonds. The van der Waals surface area contributed by atoms with Gasteiger partial charge in [-0.1, -0.05) is 35.3 Å². The van der Waals surface area contributed by atoms with E-state index in [0.717, 1.165) is 27.8 Å². The van der Waals surface area contributed by atoms with Crippen LogP contribution in [0.1, 0.15) is 27.9 Å². The normalized spacial score (nSPS) is 13.8. The SMILES string of the molecule is N#Cc1ccc2c(c1)c1c(n2C(=O)NCc2ccnc(Cl)c2)CCN(CC(F)=Cc2ccc(Cl)cc2)C1. The fraction of sp³-hybridized carbons (Fsp3) is 0.179. The molecule has 1 N–H and O–H groups in total. The topological polar surface area (TPSA) is 74.0 Å². The van der Waals surface area contributed by atoms with Crippen LogP contribution in [-0.2, 0) is 19.5 Å². The molecule has 0 aliphatic carbocycles. The van der Waals surface area contributed by atoms with Gasteiger partial charge in [0, 0.05) is 48.4 Å². The maximum Gasteiger partial charge on any atom is 0.326 e. The average molecular weight is 534 g/mol. The van der Waals surface area contributed by atoms with Crippen LogP contribution in [0.5, 0.6) is 0 Å². The van der Waals surface area contributed by atoms with Gasteiger partial charge < -0.3 is 5.32 Å². The summed E-state index contributed by atoms with van der Waals surface area (Å²) in [4.78, 5) is 19.3. The lowest BCUT2D eigenvalue weighted by Gasteiger charge is -2.27. The lowest BCUT2D eigenvalue weighted by molar-refractivity contribution is 0.238. The number of hydrogen-bond acceptors (Lipinski definition) is 4. The highest BCUT2D eigenvalue weighted by Crippen LogP contribution is 2.32. The van der Waals surface area contributed by atoms with E-state index >= 15 is 0 Å². The zero-order valence-corrected chi connectivity index (χ0v) is 21.2. The maximum atomic E-state index is 14.9. The number of rotatable bonds is 5. The summed E-state index contributed by atoms with van der Waals surface area (Å²) in [6.07, 6.45) is 3.66. The number of halogens is 3. The Labute approximate surface area is 223 Å². The van der Waals surface area contributed by atoms with Crippen LogP contribution in [0.3, 0.4) is 0 Å². The molecular weight excluding hydrogens is 512 g/mol. The van der Waals surface area contributed by atoms with Crippen LogP contribution in [0.25, 0.3) is 17.0 Å². The summed E-state index contributed by atoms with van der Waals surface area (Å²) >= 11 is 11.9. The largest absolute Gasteiger partial charge is 0.333 e. The number of nitriles is 1. The van der Waals surface area contributed by atoms with Gasteiger partial charge in [-0.3, -0.25) is 9.47 Å². The Balaban J connectivity index is 1.41. The second-order valence-electron chi connectivity index (χ2n) is 8.85. The van der Waals surface area contributed by atoms with Crippen molar-refractivity contribution >= 4 is 46.2 Å². The van der Waals surface area contributed by atoms with Crippen LogP contribution in [0.2, 0.25) is 10.2 Å². The molecule has 1 aliphatic heterocycles. The molecule has 5 rings (SSSR count). The minimum atomic E-state index is -0.272. The first kappa shape index (κ1) is 25.0. The van der Waals surface area contributed by atoms with Gasteiger partial charge in [-0.25, -0.2) is 14.2 Å². The summed E-state index contributed by atoms with van der Waals surface area (Å²) in [5.41, 5.74) is 4.59. The third kappa shape index (κ3) is 5.52. The minimum absolute atomic E-state index is 0.141. The number of carbonyl (C=O) groups excluding carboxylic acids is 1. The van der Waals surface area contributed by atoms with Crippen molar-refractivity contribution < 1.29 is 9.18 Å². The smallest absolute Gasteiger partial charge is 0.326 e. The van der Waals surface area contributed by atoms with E-state index in [4.69, 9.17) is 23.2 Å². The standard InChI is InChI=1S/C28H22Cl2FN5O/c29-21-4-1-18(2-5-21)11-22(31)16-35-10-8-26-24(17-35)23-12-19(14-32)3-6-25(23)36(26)28(37)34-15-20-7-9-33-27(30)13-20/h1-7,9,11-13H,8,10,15-17H2,(H,34,37). The number of amides is 1. The Kier molecular flexibility index (Phi) is 7.24. The van der Waals surface area contributed by atoms with E-state index in [1.54, 1.807) is 65.4 Å². The molecule has 186 valence electrons. The second-order valence-corrected chi connectivity index (χ2v) is 9.68. The van der Waals surface area contributed by atoms with E-state index in [0.29, 0.717) is 47.3 Å². The van der Waals surface area contributed by atoms with Gasteiger partial charge in [-0.05, 0) is 65.2 Å². The van der Waals surface area contributed by atoms with Gasteiger partial charge in [0.15, 0.2) is 0 Å². The molecule has 0 fully saturated rings. The number of benzene rings is 2. The Morgan fingerprint density at radius 1 is 1.16 bits per heavy atom. The molecule has 3 heterocycles. The minimum Gasteiger partial charge on any atom is -0.333 e. The van der Waals surface area contributed by atoms with Crippen molar-refractivity contribution in [3.05, 3.63) is 105 Å². The zero-order chi connectivity index (χ0) is 25.9. The molecule has 37 heavy (non-hydrogen) atoms. The number of nitrogens with zero attached hydrogens (tertiary/aromatic N) is 4. The molecule has 0 saturated carbocycles. The molecule has 0 spiro atoms. The van der Waals surface area contributed by atoms with E-state index in [9.17, 15) is 14.4 Å².